The third-order valence-corrected chi connectivity index (χ3v) is 3.92. The lowest BCUT2D eigenvalue weighted by atomic mass is 10.1. The summed E-state index contributed by atoms with van der Waals surface area (Å²) in [6.45, 7) is 2.21. The number of para-hydroxylation sites is 1. The summed E-state index contributed by atoms with van der Waals surface area (Å²) in [5.74, 6) is -0.365. The van der Waals surface area contributed by atoms with E-state index < -0.39 is 4.92 Å². The minimum absolute atomic E-state index is 0.126. The molecule has 0 spiro atoms. The highest BCUT2D eigenvalue weighted by atomic mass is 32.1. The van der Waals surface area contributed by atoms with Gasteiger partial charge in [-0.3, -0.25) is 14.9 Å². The van der Waals surface area contributed by atoms with Gasteiger partial charge in [-0.2, -0.15) is 0 Å². The Kier molecular flexibility index (Phi) is 4.49. The number of amides is 1. The molecule has 0 aliphatic carbocycles. The second-order valence-corrected chi connectivity index (χ2v) is 5.19. The quantitative estimate of drug-likeness (QED) is 0.652. The minimum atomic E-state index is -0.518. The highest BCUT2D eigenvalue weighted by molar-refractivity contribution is 7.09. The third-order valence-electron chi connectivity index (χ3n) is 2.99. The number of carbonyl (C=O) groups is 1. The van der Waals surface area contributed by atoms with E-state index in [1.807, 2.05) is 6.92 Å². The molecule has 0 aliphatic rings. The van der Waals surface area contributed by atoms with Crippen molar-refractivity contribution in [3.8, 4) is 0 Å². The Hall–Kier alpha value is -2.48. The van der Waals surface area contributed by atoms with Gasteiger partial charge in [-0.05, 0) is 13.0 Å². The number of nitrogens with one attached hydrogen (secondary N) is 2. The topological polar surface area (TPSA) is 97.2 Å². The average Bonchev–Trinajstić information content (AvgIpc) is 2.89. The van der Waals surface area contributed by atoms with Crippen LogP contribution in [0.5, 0.6) is 0 Å². The van der Waals surface area contributed by atoms with Crippen molar-refractivity contribution in [2.75, 3.05) is 12.4 Å². The van der Waals surface area contributed by atoms with E-state index in [0.29, 0.717) is 6.54 Å². The van der Waals surface area contributed by atoms with Crippen molar-refractivity contribution in [2.45, 2.75) is 13.5 Å². The molecule has 21 heavy (non-hydrogen) atoms. The van der Waals surface area contributed by atoms with Crippen LogP contribution in [0.15, 0.2) is 23.7 Å². The number of rotatable bonds is 5. The summed E-state index contributed by atoms with van der Waals surface area (Å²) < 4.78 is 0. The van der Waals surface area contributed by atoms with E-state index >= 15 is 0 Å². The van der Waals surface area contributed by atoms with Gasteiger partial charge in [0.15, 0.2) is 0 Å². The van der Waals surface area contributed by atoms with Crippen molar-refractivity contribution in [3.05, 3.63) is 50.0 Å². The van der Waals surface area contributed by atoms with E-state index in [4.69, 9.17) is 0 Å². The Morgan fingerprint density at radius 2 is 2.24 bits per heavy atom. The first-order chi connectivity index (χ1) is 10.0. The number of benzene rings is 1. The maximum Gasteiger partial charge on any atom is 0.293 e. The lowest BCUT2D eigenvalue weighted by Gasteiger charge is -2.09. The molecule has 2 aromatic rings. The van der Waals surface area contributed by atoms with Gasteiger partial charge in [-0.25, -0.2) is 4.98 Å². The van der Waals surface area contributed by atoms with Crippen LogP contribution in [0.4, 0.5) is 11.4 Å². The first-order valence-corrected chi connectivity index (χ1v) is 7.05. The van der Waals surface area contributed by atoms with E-state index in [9.17, 15) is 14.9 Å². The Bertz CT molecular complexity index is 684. The van der Waals surface area contributed by atoms with E-state index in [1.165, 1.54) is 23.5 Å². The fraction of sp³-hybridized carbons (Fsp3) is 0.231. The summed E-state index contributed by atoms with van der Waals surface area (Å²) in [6.07, 6.45) is 0. The number of anilines is 1. The molecule has 1 aromatic carbocycles. The fourth-order valence-corrected chi connectivity index (χ4v) is 2.61. The van der Waals surface area contributed by atoms with Crippen LogP contribution in [-0.4, -0.2) is 22.9 Å². The highest BCUT2D eigenvalue weighted by Gasteiger charge is 2.20. The van der Waals surface area contributed by atoms with Crippen molar-refractivity contribution < 1.29 is 9.72 Å². The van der Waals surface area contributed by atoms with Gasteiger partial charge in [0.25, 0.3) is 11.6 Å². The molecule has 1 heterocycles. The zero-order valence-corrected chi connectivity index (χ0v) is 12.4. The highest BCUT2D eigenvalue weighted by Crippen LogP contribution is 2.27. The van der Waals surface area contributed by atoms with E-state index in [1.54, 1.807) is 18.6 Å². The summed E-state index contributed by atoms with van der Waals surface area (Å²) in [5, 5.41) is 16.4. The largest absolute Gasteiger partial charge is 0.382 e. The van der Waals surface area contributed by atoms with E-state index in [0.717, 1.165) is 10.6 Å². The maximum absolute atomic E-state index is 12.2. The smallest absolute Gasteiger partial charge is 0.293 e. The van der Waals surface area contributed by atoms with E-state index in [2.05, 4.69) is 15.6 Å². The van der Waals surface area contributed by atoms with Gasteiger partial charge in [0.2, 0.25) is 0 Å². The SMILES string of the molecule is CNc1c(C(=O)NCc2scnc2C)cccc1[N+](=O)[O-]. The molecule has 1 amide bonds. The molecular formula is C13H14N4O3S. The number of hydrogen-bond acceptors (Lipinski definition) is 6. The van der Waals surface area contributed by atoms with Crippen molar-refractivity contribution >= 4 is 28.6 Å². The molecule has 110 valence electrons. The molecule has 0 fully saturated rings. The van der Waals surface area contributed by atoms with E-state index in [-0.39, 0.29) is 22.8 Å². The molecule has 1 aromatic heterocycles. The number of nitrogens with zero attached hydrogens (tertiary/aromatic N) is 2. The van der Waals surface area contributed by atoms with Crippen LogP contribution in [0.25, 0.3) is 0 Å². The summed E-state index contributed by atoms with van der Waals surface area (Å²) >= 11 is 1.46. The van der Waals surface area contributed by atoms with Crippen LogP contribution in [-0.2, 0) is 6.54 Å². The fourth-order valence-electron chi connectivity index (χ4n) is 1.90. The Labute approximate surface area is 125 Å². The number of nitro groups is 1. The number of aryl methyl sites for hydroxylation is 1. The third kappa shape index (κ3) is 3.16. The normalized spacial score (nSPS) is 10.2. The summed E-state index contributed by atoms with van der Waals surface area (Å²) in [5.41, 5.74) is 2.91. The molecule has 2 N–H and O–H groups in total. The molecule has 0 atom stereocenters. The summed E-state index contributed by atoms with van der Waals surface area (Å²) in [7, 11) is 1.55. The summed E-state index contributed by atoms with van der Waals surface area (Å²) in [4.78, 5) is 27.7. The molecule has 0 unspecified atom stereocenters. The molecule has 0 bridgehead atoms. The second-order valence-electron chi connectivity index (χ2n) is 4.25. The molecular weight excluding hydrogens is 292 g/mol. The number of carbonyl (C=O) groups excluding carboxylic acids is 1. The number of thiazole rings is 1. The van der Waals surface area contributed by atoms with Gasteiger partial charge in [-0.15, -0.1) is 11.3 Å². The Morgan fingerprint density at radius 1 is 1.48 bits per heavy atom. The number of nitro benzene ring substituents is 1. The number of aromatic nitrogens is 1. The van der Waals surface area contributed by atoms with Gasteiger partial charge >= 0.3 is 0 Å². The summed E-state index contributed by atoms with van der Waals surface area (Å²) in [6, 6.07) is 4.40. The van der Waals surface area contributed by atoms with Crippen LogP contribution in [0.2, 0.25) is 0 Å². The van der Waals surface area contributed by atoms with Gasteiger partial charge in [0.05, 0.1) is 28.2 Å². The van der Waals surface area contributed by atoms with Crippen LogP contribution in [0.3, 0.4) is 0 Å². The monoisotopic (exact) mass is 306 g/mol. The van der Waals surface area contributed by atoms with Crippen molar-refractivity contribution in [2.24, 2.45) is 0 Å². The van der Waals surface area contributed by atoms with Gasteiger partial charge < -0.3 is 10.6 Å². The molecule has 7 nitrogen and oxygen atoms in total. The van der Waals surface area contributed by atoms with Crippen molar-refractivity contribution in [1.29, 1.82) is 0 Å². The lowest BCUT2D eigenvalue weighted by molar-refractivity contribution is -0.384. The Morgan fingerprint density at radius 3 is 2.81 bits per heavy atom. The standard InChI is InChI=1S/C13H14N4O3S/c1-8-11(21-7-16-8)6-15-13(18)9-4-3-5-10(17(19)20)12(9)14-2/h3-5,7,14H,6H2,1-2H3,(H,15,18). The van der Waals surface area contributed by atoms with Crippen LogP contribution in [0.1, 0.15) is 20.9 Å². The molecule has 0 aliphatic heterocycles. The van der Waals surface area contributed by atoms with Gasteiger partial charge in [-0.1, -0.05) is 6.07 Å². The first kappa shape index (κ1) is 14.9. The molecule has 0 radical (unpaired) electrons. The van der Waals surface area contributed by atoms with Crippen LogP contribution in [0, 0.1) is 17.0 Å². The first-order valence-electron chi connectivity index (χ1n) is 6.17. The molecule has 0 saturated carbocycles. The second kappa shape index (κ2) is 6.31. The zero-order valence-electron chi connectivity index (χ0n) is 11.5. The average molecular weight is 306 g/mol. The van der Waals surface area contributed by atoms with Crippen LogP contribution >= 0.6 is 11.3 Å². The van der Waals surface area contributed by atoms with Crippen LogP contribution < -0.4 is 10.6 Å². The maximum atomic E-state index is 12.2. The predicted octanol–water partition coefficient (Wildman–Crippen LogP) is 2.33. The van der Waals surface area contributed by atoms with Crippen molar-refractivity contribution in [1.82, 2.24) is 10.3 Å². The Balaban J connectivity index is 2.21. The predicted molar refractivity (Wildman–Crippen MR) is 80.7 cm³/mol. The van der Waals surface area contributed by atoms with Gasteiger partial charge in [0, 0.05) is 18.0 Å². The lowest BCUT2D eigenvalue weighted by Crippen LogP contribution is -2.24. The van der Waals surface area contributed by atoms with Gasteiger partial charge in [0.1, 0.15) is 5.69 Å². The molecule has 2 rings (SSSR count). The minimum Gasteiger partial charge on any atom is -0.382 e. The number of hydrogen-bond donors (Lipinski definition) is 2. The molecule has 0 saturated heterocycles. The zero-order chi connectivity index (χ0) is 15.4. The molecule has 8 heteroatoms. The van der Waals surface area contributed by atoms with Crippen molar-refractivity contribution in [3.63, 3.8) is 0 Å².